The fourth-order valence-corrected chi connectivity index (χ4v) is 12.7. The first kappa shape index (κ1) is 38.4. The summed E-state index contributed by atoms with van der Waals surface area (Å²) < 4.78 is 1.37. The van der Waals surface area contributed by atoms with E-state index in [1.54, 1.807) is 0 Å². The van der Waals surface area contributed by atoms with Crippen LogP contribution in [0.25, 0.3) is 15.8 Å². The van der Waals surface area contributed by atoms with Crippen LogP contribution >= 0.6 is 11.3 Å². The summed E-state index contributed by atoms with van der Waals surface area (Å²) in [4.78, 5) is 10.1. The summed E-state index contributed by atoms with van der Waals surface area (Å²) in [6.45, 7) is 2.35. The molecule has 5 aromatic rings. The Hall–Kier alpha value is -6.27. The molecule has 0 spiro atoms. The van der Waals surface area contributed by atoms with Crippen molar-refractivity contribution in [2.75, 3.05) is 0 Å². The molecule has 12 rings (SSSR count). The van der Waals surface area contributed by atoms with Crippen molar-refractivity contribution in [1.29, 1.82) is 0 Å². The van der Waals surface area contributed by atoms with Crippen LogP contribution in [0.5, 0.6) is 0 Å². The first-order valence-electron chi connectivity index (χ1n) is 23.0. The highest BCUT2D eigenvalue weighted by molar-refractivity contribution is 7.20. The molecule has 0 fully saturated rings. The van der Waals surface area contributed by atoms with Crippen molar-refractivity contribution in [3.63, 3.8) is 0 Å². The van der Waals surface area contributed by atoms with Crippen LogP contribution in [0.4, 0.5) is 0 Å². The number of aliphatic imine (C=N–C) groups is 1. The third kappa shape index (κ3) is 6.63. The number of nitrogens with zero attached hydrogens (tertiary/aromatic N) is 2. The monoisotopic (exact) mass is 836 g/mol. The van der Waals surface area contributed by atoms with Crippen LogP contribution in [0.3, 0.4) is 0 Å². The average Bonchev–Trinajstić information content (AvgIpc) is 3.91. The summed E-state index contributed by atoms with van der Waals surface area (Å²) in [5.74, 6) is 1.38. The molecular formula is C58H52N4S. The number of rotatable bonds is 7. The van der Waals surface area contributed by atoms with Gasteiger partial charge in [-0.3, -0.25) is 0 Å². The van der Waals surface area contributed by atoms with Crippen LogP contribution in [0.2, 0.25) is 0 Å². The van der Waals surface area contributed by atoms with E-state index in [1.807, 2.05) is 11.3 Å². The maximum Gasteiger partial charge on any atom is 0.131 e. The summed E-state index contributed by atoms with van der Waals surface area (Å²) in [6, 6.07) is 42.0. The number of hydrogen-bond acceptors (Lipinski definition) is 5. The highest BCUT2D eigenvalue weighted by atomic mass is 32.1. The number of thiophene rings is 1. The van der Waals surface area contributed by atoms with Gasteiger partial charge in [-0.25, -0.2) is 9.89 Å². The second-order valence-corrected chi connectivity index (χ2v) is 19.2. The van der Waals surface area contributed by atoms with E-state index in [0.29, 0.717) is 5.92 Å². The Bertz CT molecular complexity index is 2950. The van der Waals surface area contributed by atoms with Crippen molar-refractivity contribution in [3.8, 4) is 0 Å². The molecule has 2 aliphatic heterocycles. The first-order valence-corrected chi connectivity index (χ1v) is 23.8. The van der Waals surface area contributed by atoms with Gasteiger partial charge in [-0.05, 0) is 107 Å². The standard InChI is InChI=1S/C58H52N4S/c1-38-29-30-43(46-35-44(39-18-6-2-7-19-39)34-45(36-46)40-20-8-3-9-21-40)37-50(38)57-60-55(41-22-10-4-11-23-41)59-56(42-24-12-5-13-25-42)62(57)58-33-17-16-27-51(58)49-32-31-48-47-26-14-15-28-52(47)63-54(48)53(49)61-58/h2,4-8,10-30,34,36,44,50,56-57,61H,3,9,31-33,35,37H2,1H3,(H,59,60). The molecule has 5 atom stereocenters. The van der Waals surface area contributed by atoms with Crippen molar-refractivity contribution in [1.82, 2.24) is 15.5 Å². The van der Waals surface area contributed by atoms with Gasteiger partial charge in [0.25, 0.3) is 0 Å². The molecule has 5 unspecified atom stereocenters. The van der Waals surface area contributed by atoms with E-state index in [9.17, 15) is 0 Å². The van der Waals surface area contributed by atoms with Crippen LogP contribution < -0.4 is 10.6 Å². The minimum Gasteiger partial charge on any atom is -0.362 e. The lowest BCUT2D eigenvalue weighted by atomic mass is 9.75. The molecule has 0 saturated heterocycles. The van der Waals surface area contributed by atoms with Gasteiger partial charge in [0.05, 0.1) is 10.6 Å². The Labute approximate surface area is 375 Å². The smallest absolute Gasteiger partial charge is 0.131 e. The lowest BCUT2D eigenvalue weighted by Crippen LogP contribution is -2.67. The molecule has 2 N–H and O–H groups in total. The molecule has 5 aliphatic carbocycles. The molecule has 7 aliphatic rings. The molecular weight excluding hydrogens is 785 g/mol. The second-order valence-electron chi connectivity index (χ2n) is 18.1. The van der Waals surface area contributed by atoms with E-state index in [0.717, 1.165) is 56.3 Å². The van der Waals surface area contributed by atoms with Gasteiger partial charge in [-0.2, -0.15) is 0 Å². The largest absolute Gasteiger partial charge is 0.362 e. The van der Waals surface area contributed by atoms with Crippen LogP contribution in [0.1, 0.15) is 84.7 Å². The predicted molar refractivity (Wildman–Crippen MR) is 262 cm³/mol. The van der Waals surface area contributed by atoms with Crippen molar-refractivity contribution in [3.05, 3.63) is 242 Å². The van der Waals surface area contributed by atoms with Crippen LogP contribution in [0, 0.1) is 5.92 Å². The summed E-state index contributed by atoms with van der Waals surface area (Å²) in [7, 11) is 0. The zero-order chi connectivity index (χ0) is 41.9. The zero-order valence-corrected chi connectivity index (χ0v) is 36.6. The number of hydrogen-bond donors (Lipinski definition) is 2. The van der Waals surface area contributed by atoms with Crippen LogP contribution in [-0.2, 0) is 6.42 Å². The summed E-state index contributed by atoms with van der Waals surface area (Å²) in [6.07, 6.45) is 30.7. The normalized spacial score (nSPS) is 26.5. The summed E-state index contributed by atoms with van der Waals surface area (Å²) in [5.41, 5.74) is 15.8. The molecule has 3 heterocycles. The number of allylic oxidation sites excluding steroid dienone is 13. The van der Waals surface area contributed by atoms with E-state index in [-0.39, 0.29) is 18.2 Å². The van der Waals surface area contributed by atoms with Crippen molar-refractivity contribution in [2.24, 2.45) is 10.9 Å². The maximum atomic E-state index is 5.95. The molecule has 1 aromatic heterocycles. The van der Waals surface area contributed by atoms with E-state index in [2.05, 4.69) is 198 Å². The molecule has 0 saturated carbocycles. The minimum absolute atomic E-state index is 0.122. The molecule has 0 amide bonds. The number of aryl methyl sites for hydroxylation is 1. The third-order valence-corrected chi connectivity index (χ3v) is 15.7. The van der Waals surface area contributed by atoms with Gasteiger partial charge < -0.3 is 10.6 Å². The fourth-order valence-electron chi connectivity index (χ4n) is 11.4. The van der Waals surface area contributed by atoms with Crippen LogP contribution in [0.15, 0.2) is 220 Å². The van der Waals surface area contributed by atoms with E-state index in [4.69, 9.17) is 4.99 Å². The van der Waals surface area contributed by atoms with E-state index >= 15 is 0 Å². The Kier molecular flexibility index (Phi) is 9.64. The van der Waals surface area contributed by atoms with Crippen molar-refractivity contribution >= 4 is 33.0 Å². The van der Waals surface area contributed by atoms with Gasteiger partial charge >= 0.3 is 0 Å². The molecule has 5 heteroatoms. The Balaban J connectivity index is 0.997. The average molecular weight is 837 g/mol. The number of nitrogens with one attached hydrogen (secondary N) is 2. The topological polar surface area (TPSA) is 39.7 Å². The lowest BCUT2D eigenvalue weighted by molar-refractivity contribution is -0.0143. The molecule has 4 nitrogen and oxygen atoms in total. The predicted octanol–water partition coefficient (Wildman–Crippen LogP) is 13.3. The van der Waals surface area contributed by atoms with E-state index in [1.165, 1.54) is 76.4 Å². The lowest BCUT2D eigenvalue weighted by Gasteiger charge is -2.54. The maximum absolute atomic E-state index is 5.95. The first-order chi connectivity index (χ1) is 31.1. The third-order valence-electron chi connectivity index (χ3n) is 14.5. The second kappa shape index (κ2) is 15.8. The summed E-state index contributed by atoms with van der Waals surface area (Å²) >= 11 is 1.95. The SMILES string of the molecule is CC1=CC=C(C2=CC(C3=CCCC=C3)=CC(c3ccccc3)C2)CC1C1N=C(c2ccccc2)NC(c2ccccc2)N1C12CC=CC=C1C1=C(N2)c2sc3ccccc3c2CC1. The Morgan fingerprint density at radius 2 is 1.52 bits per heavy atom. The van der Waals surface area contributed by atoms with Crippen molar-refractivity contribution in [2.45, 2.75) is 75.8 Å². The number of benzene rings is 4. The quantitative estimate of drug-likeness (QED) is 0.172. The zero-order valence-electron chi connectivity index (χ0n) is 35.8. The Morgan fingerprint density at radius 1 is 0.746 bits per heavy atom. The molecule has 310 valence electrons. The van der Waals surface area contributed by atoms with E-state index < -0.39 is 5.66 Å². The molecule has 63 heavy (non-hydrogen) atoms. The van der Waals surface area contributed by atoms with Gasteiger partial charge in [0.15, 0.2) is 0 Å². The molecule has 4 aromatic carbocycles. The fraction of sp³-hybridized carbons (Fsp3) is 0.224. The highest BCUT2D eigenvalue weighted by Gasteiger charge is 2.56. The molecule has 0 radical (unpaired) electrons. The highest BCUT2D eigenvalue weighted by Crippen LogP contribution is 2.55. The van der Waals surface area contributed by atoms with Gasteiger partial charge in [-0.15, -0.1) is 11.3 Å². The Morgan fingerprint density at radius 3 is 2.33 bits per heavy atom. The van der Waals surface area contributed by atoms with Gasteiger partial charge in [0.1, 0.15) is 23.8 Å². The summed E-state index contributed by atoms with van der Waals surface area (Å²) in [5, 5.41) is 9.89. The molecule has 0 bridgehead atoms. The number of amidine groups is 1. The van der Waals surface area contributed by atoms with Crippen LogP contribution in [-0.4, -0.2) is 22.6 Å². The number of fused-ring (bicyclic) bond motifs is 6. The minimum atomic E-state index is -0.527. The van der Waals surface area contributed by atoms with Gasteiger partial charge in [-0.1, -0.05) is 176 Å². The van der Waals surface area contributed by atoms with Gasteiger partial charge in [0, 0.05) is 28.5 Å². The van der Waals surface area contributed by atoms with Gasteiger partial charge in [0.2, 0.25) is 0 Å². The van der Waals surface area contributed by atoms with Crippen molar-refractivity contribution < 1.29 is 0 Å².